The number of allylic oxidation sites excluding steroid dienone is 6. The number of hydrogen-bond acceptors (Lipinski definition) is 8. The van der Waals surface area contributed by atoms with Crippen LogP contribution >= 0.6 is 0 Å². The van der Waals surface area contributed by atoms with Gasteiger partial charge in [0.05, 0.1) is 40.3 Å². The lowest BCUT2D eigenvalue weighted by Crippen LogP contribution is -2.44. The summed E-state index contributed by atoms with van der Waals surface area (Å²) in [6, 6.07) is 0. The highest BCUT2D eigenvalue weighted by molar-refractivity contribution is 5.70. The van der Waals surface area contributed by atoms with Crippen molar-refractivity contribution in [2.75, 3.05) is 47.5 Å². The normalized spacial score (nSPS) is 13.1. The molecule has 0 aliphatic carbocycles. The number of aliphatic carboxylic acids is 1. The average molecular weight is 918 g/mol. The number of likely N-dealkylation sites (N-methyl/N-ethyl adjacent to an activating group) is 1. The standard InChI is InChI=1S/C56H103NO8/c1-6-8-10-12-14-16-18-20-21-22-23-24-25-26-27-28-29-30-31-32-33-35-36-38-40-42-44-46-53(58)63-50-52(51-64-56(55(60)61)62-49-48-57(3,4)5)65-54(59)47-45-43-41-39-37-34-19-17-15-13-11-9-7-2/h9,11,15,17,34,37,52,56H,6-8,10,12-14,16,18-33,35-36,38-51H2,1-5H3/b11-9-,17-15-,37-34-. The molecule has 0 rings (SSSR count). The maximum Gasteiger partial charge on any atom is 0.306 e. The molecule has 0 bridgehead atoms. The number of nitrogens with zero attached hydrogens (tertiary/aromatic N) is 1. The van der Waals surface area contributed by atoms with Gasteiger partial charge in [-0.3, -0.25) is 9.59 Å². The lowest BCUT2D eigenvalue weighted by atomic mass is 10.0. The van der Waals surface area contributed by atoms with Crippen LogP contribution in [0.4, 0.5) is 0 Å². The van der Waals surface area contributed by atoms with Crippen molar-refractivity contribution in [1.29, 1.82) is 0 Å². The van der Waals surface area contributed by atoms with Crippen molar-refractivity contribution < 1.29 is 42.9 Å². The average Bonchev–Trinajstić information content (AvgIpc) is 3.27. The zero-order valence-electron chi connectivity index (χ0n) is 43.1. The molecule has 380 valence electrons. The molecule has 65 heavy (non-hydrogen) atoms. The van der Waals surface area contributed by atoms with Gasteiger partial charge in [-0.2, -0.15) is 0 Å². The summed E-state index contributed by atoms with van der Waals surface area (Å²) < 4.78 is 22.6. The van der Waals surface area contributed by atoms with E-state index in [1.807, 2.05) is 21.1 Å². The molecular weight excluding hydrogens is 815 g/mol. The first kappa shape index (κ1) is 62.5. The van der Waals surface area contributed by atoms with Crippen molar-refractivity contribution >= 4 is 17.9 Å². The van der Waals surface area contributed by atoms with Gasteiger partial charge in [-0.1, -0.05) is 224 Å². The molecule has 0 aromatic heterocycles. The van der Waals surface area contributed by atoms with E-state index < -0.39 is 24.3 Å². The van der Waals surface area contributed by atoms with E-state index >= 15 is 0 Å². The molecule has 9 nitrogen and oxygen atoms in total. The number of esters is 2. The molecule has 0 aromatic carbocycles. The molecule has 0 heterocycles. The molecule has 2 atom stereocenters. The van der Waals surface area contributed by atoms with Gasteiger partial charge < -0.3 is 33.3 Å². The van der Waals surface area contributed by atoms with Crippen molar-refractivity contribution in [3.63, 3.8) is 0 Å². The van der Waals surface area contributed by atoms with Crippen LogP contribution in [-0.2, 0) is 33.3 Å². The molecule has 0 saturated carbocycles. The molecule has 0 aromatic rings. The summed E-state index contributed by atoms with van der Waals surface area (Å²) in [5, 5.41) is 11.7. The molecule has 0 spiro atoms. The zero-order chi connectivity index (χ0) is 47.7. The summed E-state index contributed by atoms with van der Waals surface area (Å²) in [6.45, 7) is 4.62. The molecule has 0 aliphatic rings. The van der Waals surface area contributed by atoms with Crippen LogP contribution in [0.25, 0.3) is 0 Å². The van der Waals surface area contributed by atoms with Gasteiger partial charge in [0.25, 0.3) is 0 Å². The highest BCUT2D eigenvalue weighted by Crippen LogP contribution is 2.17. The zero-order valence-corrected chi connectivity index (χ0v) is 43.1. The van der Waals surface area contributed by atoms with Gasteiger partial charge in [-0.25, -0.2) is 0 Å². The van der Waals surface area contributed by atoms with Crippen molar-refractivity contribution in [1.82, 2.24) is 0 Å². The Morgan fingerprint density at radius 3 is 1.31 bits per heavy atom. The van der Waals surface area contributed by atoms with Gasteiger partial charge in [0, 0.05) is 12.8 Å². The van der Waals surface area contributed by atoms with Gasteiger partial charge in [-0.05, 0) is 44.9 Å². The minimum absolute atomic E-state index is 0.143. The van der Waals surface area contributed by atoms with Crippen LogP contribution in [0.2, 0.25) is 0 Å². The lowest BCUT2D eigenvalue weighted by molar-refractivity contribution is -0.870. The summed E-state index contributed by atoms with van der Waals surface area (Å²) in [5.74, 6) is -2.31. The topological polar surface area (TPSA) is 111 Å². The van der Waals surface area contributed by atoms with Crippen LogP contribution in [0, 0.1) is 0 Å². The van der Waals surface area contributed by atoms with Crippen LogP contribution in [0.3, 0.4) is 0 Å². The second-order valence-electron chi connectivity index (χ2n) is 19.5. The van der Waals surface area contributed by atoms with Crippen LogP contribution in [0.1, 0.15) is 245 Å². The van der Waals surface area contributed by atoms with Gasteiger partial charge in [0.15, 0.2) is 12.4 Å². The molecule has 0 fully saturated rings. The third-order valence-electron chi connectivity index (χ3n) is 11.9. The fraction of sp³-hybridized carbons (Fsp3) is 0.839. The monoisotopic (exact) mass is 918 g/mol. The maximum absolute atomic E-state index is 12.8. The fourth-order valence-electron chi connectivity index (χ4n) is 7.73. The summed E-state index contributed by atoms with van der Waals surface area (Å²) in [7, 11) is 5.91. The number of rotatable bonds is 50. The predicted octanol–water partition coefficient (Wildman–Crippen LogP) is 14.0. The first-order valence-electron chi connectivity index (χ1n) is 27.1. The minimum atomic E-state index is -1.63. The number of unbranched alkanes of at least 4 members (excludes halogenated alkanes) is 29. The van der Waals surface area contributed by atoms with E-state index in [4.69, 9.17) is 18.9 Å². The van der Waals surface area contributed by atoms with Crippen LogP contribution < -0.4 is 5.11 Å². The highest BCUT2D eigenvalue weighted by atomic mass is 16.7. The SMILES string of the molecule is CC/C=C\C/C=C\C/C=C\CCCCCC(=O)OC(COC(=O)CCCCCCCCCCCCCCCCCCCCCCCCCCCCC)COC(OCC[N+](C)(C)C)C(=O)[O-]. The van der Waals surface area contributed by atoms with Gasteiger partial charge >= 0.3 is 11.9 Å². The summed E-state index contributed by atoms with van der Waals surface area (Å²) >= 11 is 0. The van der Waals surface area contributed by atoms with Crippen LogP contribution in [0.5, 0.6) is 0 Å². The van der Waals surface area contributed by atoms with E-state index in [0.29, 0.717) is 17.4 Å². The molecule has 2 unspecified atom stereocenters. The van der Waals surface area contributed by atoms with E-state index in [2.05, 4.69) is 50.3 Å². The number of carbonyl (C=O) groups is 3. The van der Waals surface area contributed by atoms with Crippen molar-refractivity contribution in [3.8, 4) is 0 Å². The largest absolute Gasteiger partial charge is 0.545 e. The van der Waals surface area contributed by atoms with E-state index in [-0.39, 0.29) is 38.6 Å². The highest BCUT2D eigenvalue weighted by Gasteiger charge is 2.22. The van der Waals surface area contributed by atoms with Gasteiger partial charge in [-0.15, -0.1) is 0 Å². The van der Waals surface area contributed by atoms with Crippen molar-refractivity contribution in [3.05, 3.63) is 36.5 Å². The molecule has 0 saturated heterocycles. The molecule has 9 heteroatoms. The fourth-order valence-corrected chi connectivity index (χ4v) is 7.73. The third kappa shape index (κ3) is 49.2. The predicted molar refractivity (Wildman–Crippen MR) is 269 cm³/mol. The Morgan fingerprint density at radius 1 is 0.477 bits per heavy atom. The quantitative estimate of drug-likeness (QED) is 0.0195. The van der Waals surface area contributed by atoms with Crippen molar-refractivity contribution in [2.24, 2.45) is 0 Å². The molecular formula is C56H103NO8. The van der Waals surface area contributed by atoms with E-state index in [9.17, 15) is 19.5 Å². The second kappa shape index (κ2) is 48.0. The smallest absolute Gasteiger partial charge is 0.306 e. The molecule has 0 N–H and O–H groups in total. The van der Waals surface area contributed by atoms with E-state index in [1.54, 1.807) is 0 Å². The first-order valence-corrected chi connectivity index (χ1v) is 27.1. The maximum atomic E-state index is 12.8. The van der Waals surface area contributed by atoms with Crippen molar-refractivity contribution in [2.45, 2.75) is 257 Å². The number of carboxylic acids is 1. The van der Waals surface area contributed by atoms with E-state index in [0.717, 1.165) is 57.8 Å². The minimum Gasteiger partial charge on any atom is -0.545 e. The van der Waals surface area contributed by atoms with Crippen LogP contribution in [0.15, 0.2) is 36.5 Å². The summed E-state index contributed by atoms with van der Waals surface area (Å²) in [4.78, 5) is 37.1. The number of hydrogen-bond donors (Lipinski definition) is 0. The Kier molecular flexibility index (Phi) is 46.1. The Labute approximate surface area is 400 Å². The van der Waals surface area contributed by atoms with E-state index in [1.165, 1.54) is 154 Å². The number of carbonyl (C=O) groups excluding carboxylic acids is 3. The second-order valence-corrected chi connectivity index (χ2v) is 19.5. The lowest BCUT2D eigenvalue weighted by Gasteiger charge is -2.26. The molecule has 0 radical (unpaired) electrons. The number of ether oxygens (including phenoxy) is 4. The Bertz CT molecular complexity index is 1160. The molecule has 0 amide bonds. The third-order valence-corrected chi connectivity index (χ3v) is 11.9. The number of carboxylic acid groups (broad SMARTS) is 1. The Hall–Kier alpha value is -2.49. The molecule has 0 aliphatic heterocycles. The summed E-state index contributed by atoms with van der Waals surface area (Å²) in [6.07, 6.45) is 53.6. The van der Waals surface area contributed by atoms with Gasteiger partial charge in [0.2, 0.25) is 0 Å². The first-order chi connectivity index (χ1) is 31.6. The summed E-state index contributed by atoms with van der Waals surface area (Å²) in [5.41, 5.74) is 0. The Balaban J connectivity index is 4.15. The Morgan fingerprint density at radius 2 is 0.877 bits per heavy atom. The van der Waals surface area contributed by atoms with Crippen LogP contribution in [-0.4, -0.2) is 82.3 Å². The van der Waals surface area contributed by atoms with Gasteiger partial charge in [0.1, 0.15) is 13.2 Å². The number of quaternary nitrogens is 1.